The summed E-state index contributed by atoms with van der Waals surface area (Å²) in [5, 5.41) is 2.02. The van der Waals surface area contributed by atoms with Crippen LogP contribution in [0.1, 0.15) is 13.3 Å². The van der Waals surface area contributed by atoms with Crippen LogP contribution >= 0.6 is 0 Å². The van der Waals surface area contributed by atoms with Crippen molar-refractivity contribution in [2.45, 2.75) is 19.6 Å². The average molecular weight is 186 g/mol. The Kier molecular flexibility index (Phi) is 2.62. The van der Waals surface area contributed by atoms with E-state index in [-0.39, 0.29) is 6.42 Å². The molecule has 6 nitrogen and oxygen atoms in total. The van der Waals surface area contributed by atoms with Crippen LogP contribution in [0.3, 0.4) is 0 Å². The Hall–Kier alpha value is -1.43. The van der Waals surface area contributed by atoms with E-state index in [0.29, 0.717) is 0 Å². The number of hydrogen-bond donors (Lipinski definition) is 1. The van der Waals surface area contributed by atoms with E-state index in [1.54, 1.807) is 6.92 Å². The van der Waals surface area contributed by atoms with Gasteiger partial charge >= 0.3 is 6.03 Å². The SMILES string of the molecule is COC(C)N1C(=O)CC(=O)NC1=O. The molecule has 1 aliphatic heterocycles. The van der Waals surface area contributed by atoms with Crippen LogP contribution < -0.4 is 5.32 Å². The first-order valence-electron chi connectivity index (χ1n) is 3.75. The number of carbonyl (C=O) groups excluding carboxylic acids is 3. The van der Waals surface area contributed by atoms with Crippen molar-refractivity contribution in [2.24, 2.45) is 0 Å². The topological polar surface area (TPSA) is 75.7 Å². The minimum Gasteiger partial charge on any atom is -0.361 e. The standard InChI is InChI=1S/C7H10N2O4/c1-4(13-2)9-6(11)3-5(10)8-7(9)12/h4H,3H2,1-2H3,(H,8,10,12). The van der Waals surface area contributed by atoms with Crippen LogP contribution in [0.2, 0.25) is 0 Å². The Morgan fingerprint density at radius 1 is 1.46 bits per heavy atom. The summed E-state index contributed by atoms with van der Waals surface area (Å²) in [7, 11) is 1.38. The number of methoxy groups -OCH3 is 1. The zero-order valence-corrected chi connectivity index (χ0v) is 7.36. The highest BCUT2D eigenvalue weighted by Gasteiger charge is 2.34. The molecule has 1 N–H and O–H groups in total. The third-order valence-corrected chi connectivity index (χ3v) is 1.75. The summed E-state index contributed by atoms with van der Waals surface area (Å²) >= 11 is 0. The van der Waals surface area contributed by atoms with E-state index >= 15 is 0 Å². The van der Waals surface area contributed by atoms with Crippen molar-refractivity contribution in [2.75, 3.05) is 7.11 Å². The molecule has 1 fully saturated rings. The van der Waals surface area contributed by atoms with Gasteiger partial charge in [-0.1, -0.05) is 0 Å². The smallest absolute Gasteiger partial charge is 0.332 e. The Labute approximate surface area is 74.8 Å². The van der Waals surface area contributed by atoms with Crippen molar-refractivity contribution in [1.29, 1.82) is 0 Å². The fraction of sp³-hybridized carbons (Fsp3) is 0.571. The first kappa shape index (κ1) is 9.66. The Bertz CT molecular complexity index is 243. The Morgan fingerprint density at radius 3 is 2.54 bits per heavy atom. The predicted octanol–water partition coefficient (Wildman–Crippen LogP) is -0.553. The lowest BCUT2D eigenvalue weighted by Gasteiger charge is -2.28. The first-order chi connectivity index (χ1) is 6.06. The number of nitrogens with zero attached hydrogens (tertiary/aromatic N) is 1. The zero-order chi connectivity index (χ0) is 10.0. The quantitative estimate of drug-likeness (QED) is 0.587. The minimum absolute atomic E-state index is 0.306. The number of nitrogens with one attached hydrogen (secondary N) is 1. The molecule has 0 aromatic carbocycles. The molecule has 72 valence electrons. The molecule has 0 spiro atoms. The number of barbiturate groups is 1. The van der Waals surface area contributed by atoms with Crippen LogP contribution in [0.15, 0.2) is 0 Å². The molecule has 13 heavy (non-hydrogen) atoms. The molecule has 1 saturated heterocycles. The number of ether oxygens (including phenoxy) is 1. The predicted molar refractivity (Wildman–Crippen MR) is 41.5 cm³/mol. The van der Waals surface area contributed by atoms with Gasteiger partial charge in [0.15, 0.2) is 0 Å². The van der Waals surface area contributed by atoms with Crippen LogP contribution in [-0.2, 0) is 14.3 Å². The van der Waals surface area contributed by atoms with Gasteiger partial charge in [-0.3, -0.25) is 14.9 Å². The number of imide groups is 2. The maximum absolute atomic E-state index is 11.2. The van der Waals surface area contributed by atoms with E-state index < -0.39 is 24.1 Å². The van der Waals surface area contributed by atoms with E-state index in [0.717, 1.165) is 4.90 Å². The van der Waals surface area contributed by atoms with Crippen molar-refractivity contribution in [1.82, 2.24) is 10.2 Å². The molecular weight excluding hydrogens is 176 g/mol. The highest BCUT2D eigenvalue weighted by molar-refractivity contribution is 6.14. The van der Waals surface area contributed by atoms with E-state index in [1.165, 1.54) is 7.11 Å². The lowest BCUT2D eigenvalue weighted by molar-refractivity contribution is -0.143. The molecule has 1 heterocycles. The molecule has 0 radical (unpaired) electrons. The van der Waals surface area contributed by atoms with Gasteiger partial charge in [-0.05, 0) is 6.92 Å². The minimum atomic E-state index is -0.726. The molecule has 0 aromatic heterocycles. The van der Waals surface area contributed by atoms with Crippen LogP contribution in [-0.4, -0.2) is 36.1 Å². The number of hydrogen-bond acceptors (Lipinski definition) is 4. The van der Waals surface area contributed by atoms with Crippen LogP contribution in [0.25, 0.3) is 0 Å². The number of amides is 4. The summed E-state index contributed by atoms with van der Waals surface area (Å²) in [6.07, 6.45) is -0.958. The largest absolute Gasteiger partial charge is 0.361 e. The molecule has 1 unspecified atom stereocenters. The molecule has 4 amide bonds. The van der Waals surface area contributed by atoms with E-state index in [4.69, 9.17) is 4.74 Å². The van der Waals surface area contributed by atoms with Crippen LogP contribution in [0.4, 0.5) is 4.79 Å². The molecular formula is C7H10N2O4. The normalized spacial score (nSPS) is 20.2. The van der Waals surface area contributed by atoms with E-state index in [1.807, 2.05) is 5.32 Å². The van der Waals surface area contributed by atoms with Crippen molar-refractivity contribution in [3.8, 4) is 0 Å². The summed E-state index contributed by atoms with van der Waals surface area (Å²) in [5.41, 5.74) is 0. The van der Waals surface area contributed by atoms with Crippen molar-refractivity contribution in [3.63, 3.8) is 0 Å². The maximum Gasteiger partial charge on any atom is 0.332 e. The average Bonchev–Trinajstić information content (AvgIpc) is 2.02. The van der Waals surface area contributed by atoms with Gasteiger partial charge in [-0.15, -0.1) is 0 Å². The molecule has 6 heteroatoms. The van der Waals surface area contributed by atoms with Gasteiger partial charge in [-0.2, -0.15) is 0 Å². The van der Waals surface area contributed by atoms with E-state index in [9.17, 15) is 14.4 Å². The molecule has 1 rings (SSSR count). The van der Waals surface area contributed by atoms with Gasteiger partial charge in [0.1, 0.15) is 12.6 Å². The number of rotatable bonds is 2. The summed E-state index contributed by atoms with van der Waals surface area (Å²) in [5.74, 6) is -1.11. The van der Waals surface area contributed by atoms with Crippen LogP contribution in [0, 0.1) is 0 Å². The lowest BCUT2D eigenvalue weighted by Crippen LogP contribution is -2.56. The van der Waals surface area contributed by atoms with Gasteiger partial charge in [0.25, 0.3) is 0 Å². The number of urea groups is 1. The Balaban J connectivity index is 2.78. The first-order valence-corrected chi connectivity index (χ1v) is 3.75. The highest BCUT2D eigenvalue weighted by atomic mass is 16.5. The third kappa shape index (κ3) is 1.83. The van der Waals surface area contributed by atoms with Gasteiger partial charge in [0.2, 0.25) is 11.8 Å². The van der Waals surface area contributed by atoms with Crippen molar-refractivity contribution in [3.05, 3.63) is 0 Å². The fourth-order valence-electron chi connectivity index (χ4n) is 1.03. The third-order valence-electron chi connectivity index (χ3n) is 1.75. The van der Waals surface area contributed by atoms with Crippen molar-refractivity contribution >= 4 is 17.8 Å². The summed E-state index contributed by atoms with van der Waals surface area (Å²) < 4.78 is 4.80. The zero-order valence-electron chi connectivity index (χ0n) is 7.36. The second-order valence-corrected chi connectivity index (χ2v) is 2.63. The summed E-state index contributed by atoms with van der Waals surface area (Å²) in [4.78, 5) is 33.9. The molecule has 0 bridgehead atoms. The van der Waals surface area contributed by atoms with Gasteiger partial charge in [-0.25, -0.2) is 9.69 Å². The van der Waals surface area contributed by atoms with Crippen molar-refractivity contribution < 1.29 is 19.1 Å². The van der Waals surface area contributed by atoms with Gasteiger partial charge in [0.05, 0.1) is 0 Å². The second-order valence-electron chi connectivity index (χ2n) is 2.63. The molecule has 0 aliphatic carbocycles. The lowest BCUT2D eigenvalue weighted by atomic mass is 10.3. The Morgan fingerprint density at radius 2 is 2.08 bits per heavy atom. The summed E-state index contributed by atoms with van der Waals surface area (Å²) in [6, 6.07) is -0.726. The maximum atomic E-state index is 11.2. The monoisotopic (exact) mass is 186 g/mol. The van der Waals surface area contributed by atoms with E-state index in [2.05, 4.69) is 0 Å². The number of carbonyl (C=O) groups is 3. The summed E-state index contributed by atoms with van der Waals surface area (Å²) in [6.45, 7) is 1.55. The second kappa shape index (κ2) is 3.53. The van der Waals surface area contributed by atoms with Gasteiger partial charge in [0, 0.05) is 7.11 Å². The molecule has 1 atom stereocenters. The molecule has 1 aliphatic rings. The van der Waals surface area contributed by atoms with Gasteiger partial charge < -0.3 is 4.74 Å². The highest BCUT2D eigenvalue weighted by Crippen LogP contribution is 2.07. The molecule has 0 aromatic rings. The fourth-order valence-corrected chi connectivity index (χ4v) is 1.03. The van der Waals surface area contributed by atoms with Crippen LogP contribution in [0.5, 0.6) is 0 Å². The molecule has 0 saturated carbocycles.